The molecule has 1 aliphatic carbocycles. The molecule has 0 unspecified atom stereocenters. The lowest BCUT2D eigenvalue weighted by Crippen LogP contribution is -2.61. The number of likely N-dealkylation sites (tertiary alicyclic amines) is 1. The van der Waals surface area contributed by atoms with E-state index in [1.807, 2.05) is 9.80 Å². The maximum Gasteiger partial charge on any atom is 0.229 e. The van der Waals surface area contributed by atoms with E-state index in [0.717, 1.165) is 43.9 Å². The van der Waals surface area contributed by atoms with Crippen LogP contribution in [0.2, 0.25) is 0 Å². The Morgan fingerprint density at radius 3 is 2.90 bits per heavy atom. The van der Waals surface area contributed by atoms with Crippen molar-refractivity contribution in [2.24, 2.45) is 5.92 Å². The average molecular weight is 292 g/mol. The summed E-state index contributed by atoms with van der Waals surface area (Å²) in [6, 6.07) is 2.69. The Kier molecular flexibility index (Phi) is 2.91. The van der Waals surface area contributed by atoms with Crippen molar-refractivity contribution in [3.05, 3.63) is 29.3 Å². The topological polar surface area (TPSA) is 23.6 Å². The van der Waals surface area contributed by atoms with Gasteiger partial charge in [-0.05, 0) is 37.3 Å². The molecule has 1 aromatic carbocycles. The first-order chi connectivity index (χ1) is 10.1. The molecular formula is C16H18F2N2O. The van der Waals surface area contributed by atoms with Gasteiger partial charge in [0.15, 0.2) is 0 Å². The molecule has 112 valence electrons. The summed E-state index contributed by atoms with van der Waals surface area (Å²) in [7, 11) is 0. The van der Waals surface area contributed by atoms with Crippen LogP contribution in [0.25, 0.3) is 0 Å². The molecule has 0 radical (unpaired) electrons. The van der Waals surface area contributed by atoms with Gasteiger partial charge in [0.05, 0.1) is 18.3 Å². The third kappa shape index (κ3) is 1.93. The maximum atomic E-state index is 14.1. The second-order valence-corrected chi connectivity index (χ2v) is 6.32. The second kappa shape index (κ2) is 4.68. The smallest absolute Gasteiger partial charge is 0.229 e. The van der Waals surface area contributed by atoms with Crippen LogP contribution in [0.4, 0.5) is 14.5 Å². The van der Waals surface area contributed by atoms with E-state index >= 15 is 0 Å². The standard InChI is InChI=1S/C16H18F2N2O/c17-11-7-10-3-2-6-19(15(10)13(18)8-11)9-20-14-5-1-4-12(14)16(20)21/h7-8,12,14H,1-6,9H2/t12-,14+/m0/s1. The molecule has 0 spiro atoms. The van der Waals surface area contributed by atoms with E-state index < -0.39 is 11.6 Å². The van der Waals surface area contributed by atoms with E-state index in [1.165, 1.54) is 6.07 Å². The Bertz CT molecular complexity index is 604. The van der Waals surface area contributed by atoms with Crippen molar-refractivity contribution in [2.75, 3.05) is 18.1 Å². The summed E-state index contributed by atoms with van der Waals surface area (Å²) in [5.41, 5.74) is 1.20. The molecule has 0 bridgehead atoms. The van der Waals surface area contributed by atoms with Gasteiger partial charge in [-0.3, -0.25) is 4.79 Å². The number of nitrogens with zero attached hydrogens (tertiary/aromatic N) is 2. The van der Waals surface area contributed by atoms with Gasteiger partial charge < -0.3 is 9.80 Å². The van der Waals surface area contributed by atoms with Crippen molar-refractivity contribution in [3.63, 3.8) is 0 Å². The predicted octanol–water partition coefficient (Wildman–Crippen LogP) is 2.69. The largest absolute Gasteiger partial charge is 0.351 e. The summed E-state index contributed by atoms with van der Waals surface area (Å²) < 4.78 is 27.5. The highest BCUT2D eigenvalue weighted by molar-refractivity contribution is 5.86. The van der Waals surface area contributed by atoms with Crippen molar-refractivity contribution in [1.82, 2.24) is 4.90 Å². The first kappa shape index (κ1) is 13.0. The molecule has 3 nitrogen and oxygen atoms in total. The average Bonchev–Trinajstić information content (AvgIpc) is 2.88. The van der Waals surface area contributed by atoms with Crippen molar-refractivity contribution in [1.29, 1.82) is 0 Å². The van der Waals surface area contributed by atoms with Crippen molar-refractivity contribution < 1.29 is 13.6 Å². The molecule has 4 rings (SSSR count). The number of hydrogen-bond donors (Lipinski definition) is 0. The van der Waals surface area contributed by atoms with Crippen LogP contribution in [0.1, 0.15) is 31.2 Å². The highest BCUT2D eigenvalue weighted by Gasteiger charge is 2.50. The minimum absolute atomic E-state index is 0.201. The fourth-order valence-electron chi connectivity index (χ4n) is 4.13. The summed E-state index contributed by atoms with van der Waals surface area (Å²) >= 11 is 0. The van der Waals surface area contributed by atoms with Crippen LogP contribution in [0.5, 0.6) is 0 Å². The molecule has 3 aliphatic rings. The Labute approximate surface area is 122 Å². The van der Waals surface area contributed by atoms with Crippen molar-refractivity contribution >= 4 is 11.6 Å². The molecular weight excluding hydrogens is 274 g/mol. The molecule has 1 saturated heterocycles. The number of fused-ring (bicyclic) bond motifs is 2. The van der Waals surface area contributed by atoms with Crippen LogP contribution in [0.15, 0.2) is 12.1 Å². The van der Waals surface area contributed by atoms with E-state index in [1.54, 1.807) is 0 Å². The molecule has 21 heavy (non-hydrogen) atoms. The number of halogens is 2. The van der Waals surface area contributed by atoms with Gasteiger partial charge in [0.25, 0.3) is 0 Å². The lowest BCUT2D eigenvalue weighted by molar-refractivity contribution is -0.153. The fraction of sp³-hybridized carbons (Fsp3) is 0.562. The van der Waals surface area contributed by atoms with E-state index in [2.05, 4.69) is 0 Å². The second-order valence-electron chi connectivity index (χ2n) is 6.32. The van der Waals surface area contributed by atoms with Gasteiger partial charge in [0.1, 0.15) is 11.6 Å². The Morgan fingerprint density at radius 1 is 1.19 bits per heavy atom. The maximum absolute atomic E-state index is 14.1. The number of hydrogen-bond acceptors (Lipinski definition) is 2. The summed E-state index contributed by atoms with van der Waals surface area (Å²) in [6.45, 7) is 1.16. The highest BCUT2D eigenvalue weighted by atomic mass is 19.1. The Morgan fingerprint density at radius 2 is 2.05 bits per heavy atom. The first-order valence-corrected chi connectivity index (χ1v) is 7.68. The van der Waals surface area contributed by atoms with E-state index in [-0.39, 0.29) is 11.8 Å². The molecule has 1 amide bonds. The van der Waals surface area contributed by atoms with Crippen molar-refractivity contribution in [2.45, 2.75) is 38.1 Å². The third-order valence-corrected chi connectivity index (χ3v) is 5.10. The molecule has 1 aromatic rings. The molecule has 5 heteroatoms. The number of carbonyl (C=O) groups excluding carboxylic acids is 1. The molecule has 1 saturated carbocycles. The number of aryl methyl sites for hydroxylation is 1. The number of carbonyl (C=O) groups is 1. The number of anilines is 1. The minimum atomic E-state index is -0.524. The van der Waals surface area contributed by atoms with E-state index in [9.17, 15) is 13.6 Å². The van der Waals surface area contributed by atoms with Gasteiger partial charge in [-0.15, -0.1) is 0 Å². The first-order valence-electron chi connectivity index (χ1n) is 7.68. The van der Waals surface area contributed by atoms with Gasteiger partial charge in [-0.25, -0.2) is 8.78 Å². The fourth-order valence-corrected chi connectivity index (χ4v) is 4.13. The Hall–Kier alpha value is -1.65. The van der Waals surface area contributed by atoms with Gasteiger partial charge in [-0.2, -0.15) is 0 Å². The van der Waals surface area contributed by atoms with Crippen LogP contribution < -0.4 is 4.90 Å². The molecule has 2 heterocycles. The number of amides is 1. The van der Waals surface area contributed by atoms with Crippen LogP contribution >= 0.6 is 0 Å². The van der Waals surface area contributed by atoms with Crippen LogP contribution in [-0.4, -0.2) is 30.1 Å². The lowest BCUT2D eigenvalue weighted by atomic mass is 9.91. The van der Waals surface area contributed by atoms with Crippen LogP contribution in [-0.2, 0) is 11.2 Å². The molecule has 0 N–H and O–H groups in total. The summed E-state index contributed by atoms with van der Waals surface area (Å²) in [4.78, 5) is 15.9. The number of β-lactam (4-membered cyclic amide) rings is 1. The quantitative estimate of drug-likeness (QED) is 0.783. The Balaban J connectivity index is 1.59. The predicted molar refractivity (Wildman–Crippen MR) is 74.9 cm³/mol. The molecule has 2 aliphatic heterocycles. The van der Waals surface area contributed by atoms with E-state index in [4.69, 9.17) is 0 Å². The van der Waals surface area contributed by atoms with Crippen LogP contribution in [0.3, 0.4) is 0 Å². The summed E-state index contributed by atoms with van der Waals surface area (Å²) in [5, 5.41) is 0. The van der Waals surface area contributed by atoms with Gasteiger partial charge in [0, 0.05) is 18.7 Å². The zero-order chi connectivity index (χ0) is 14.6. The number of benzene rings is 1. The zero-order valence-electron chi connectivity index (χ0n) is 11.8. The van der Waals surface area contributed by atoms with Crippen LogP contribution in [0, 0.1) is 17.6 Å². The zero-order valence-corrected chi connectivity index (χ0v) is 11.8. The highest BCUT2D eigenvalue weighted by Crippen LogP contribution is 2.41. The molecule has 2 atom stereocenters. The normalized spacial score (nSPS) is 27.4. The minimum Gasteiger partial charge on any atom is -0.351 e. The molecule has 2 fully saturated rings. The van der Waals surface area contributed by atoms with Gasteiger partial charge in [-0.1, -0.05) is 6.42 Å². The SMILES string of the molecule is O=C1[C@H]2CCC[C@H]2N1CN1CCCc2cc(F)cc(F)c21. The van der Waals surface area contributed by atoms with Gasteiger partial charge >= 0.3 is 0 Å². The van der Waals surface area contributed by atoms with Gasteiger partial charge in [0.2, 0.25) is 5.91 Å². The summed E-state index contributed by atoms with van der Waals surface area (Å²) in [5.74, 6) is -0.635. The number of rotatable bonds is 2. The summed E-state index contributed by atoms with van der Waals surface area (Å²) in [6.07, 6.45) is 4.72. The molecule has 0 aromatic heterocycles. The lowest BCUT2D eigenvalue weighted by Gasteiger charge is -2.47. The monoisotopic (exact) mass is 292 g/mol. The van der Waals surface area contributed by atoms with E-state index in [0.29, 0.717) is 24.8 Å². The third-order valence-electron chi connectivity index (χ3n) is 5.10. The van der Waals surface area contributed by atoms with Crippen molar-refractivity contribution in [3.8, 4) is 0 Å².